The predicted octanol–water partition coefficient (Wildman–Crippen LogP) is 2.63. The zero-order valence-corrected chi connectivity index (χ0v) is 10.9. The Labute approximate surface area is 95.4 Å². The fourth-order valence-electron chi connectivity index (χ4n) is 1.22. The summed E-state index contributed by atoms with van der Waals surface area (Å²) in [6.07, 6.45) is 0.905. The molecule has 4 heteroatoms. The molecule has 0 saturated heterocycles. The second-order valence-electron chi connectivity index (χ2n) is 3.33. The summed E-state index contributed by atoms with van der Waals surface area (Å²) in [6, 6.07) is 8.13. The van der Waals surface area contributed by atoms with Crippen molar-refractivity contribution in [1.82, 2.24) is 0 Å². The smallest absolute Gasteiger partial charge is 0.277 e. The van der Waals surface area contributed by atoms with Gasteiger partial charge in [0.05, 0.1) is 6.61 Å². The van der Waals surface area contributed by atoms with E-state index in [4.69, 9.17) is 26.9 Å². The second-order valence-corrected chi connectivity index (χ2v) is 10.8. The van der Waals surface area contributed by atoms with Gasteiger partial charge in [0, 0.05) is 7.11 Å². The molecule has 1 nitrogen and oxygen atoms in total. The number of benzene rings is 1. The highest BCUT2D eigenvalue weighted by Gasteiger charge is 2.23. The lowest BCUT2D eigenvalue weighted by atomic mass is 10.2. The van der Waals surface area contributed by atoms with Crippen LogP contribution < -0.4 is 5.19 Å². The van der Waals surface area contributed by atoms with Gasteiger partial charge in [0.15, 0.2) is 0 Å². The van der Waals surface area contributed by atoms with E-state index in [1.165, 1.54) is 5.56 Å². The van der Waals surface area contributed by atoms with Crippen molar-refractivity contribution in [2.75, 3.05) is 13.7 Å². The first-order valence-corrected chi connectivity index (χ1v) is 9.02. The Morgan fingerprint density at radius 1 is 1.36 bits per heavy atom. The fraction of sp³-hybridized carbons (Fsp3) is 0.400. The third-order valence-electron chi connectivity index (χ3n) is 2.03. The van der Waals surface area contributed by atoms with E-state index < -0.39 is 6.69 Å². The van der Waals surface area contributed by atoms with E-state index in [9.17, 15) is 0 Å². The van der Waals surface area contributed by atoms with Crippen LogP contribution in [0.2, 0.25) is 6.55 Å². The Morgan fingerprint density at radius 3 is 2.64 bits per heavy atom. The van der Waals surface area contributed by atoms with Crippen molar-refractivity contribution in [2.24, 2.45) is 0 Å². The van der Waals surface area contributed by atoms with E-state index in [-0.39, 0.29) is 0 Å². The van der Waals surface area contributed by atoms with Gasteiger partial charge < -0.3 is 4.74 Å². The van der Waals surface area contributed by atoms with Gasteiger partial charge >= 0.3 is 0 Å². The van der Waals surface area contributed by atoms with Crippen molar-refractivity contribution in [2.45, 2.75) is 13.0 Å². The highest BCUT2D eigenvalue weighted by Crippen LogP contribution is 2.14. The average Bonchev–Trinajstić information content (AvgIpc) is 2.14. The Balaban J connectivity index is 2.79. The minimum absolute atomic E-state index is 0.728. The van der Waals surface area contributed by atoms with Gasteiger partial charge in [-0.25, -0.2) is 0 Å². The van der Waals surface area contributed by atoms with Crippen LogP contribution in [0.3, 0.4) is 0 Å². The summed E-state index contributed by atoms with van der Waals surface area (Å²) in [6.45, 7) is 0.436. The molecular weight excluding hydrogens is 235 g/mol. The first kappa shape index (κ1) is 12.0. The maximum absolute atomic E-state index is 6.14. The summed E-state index contributed by atoms with van der Waals surface area (Å²) < 4.78 is 5.02. The molecule has 14 heavy (non-hydrogen) atoms. The molecule has 0 aliphatic heterocycles. The minimum atomic E-state index is -2.20. The van der Waals surface area contributed by atoms with E-state index in [2.05, 4.69) is 12.1 Å². The maximum Gasteiger partial charge on any atom is 0.277 e. The van der Waals surface area contributed by atoms with Crippen molar-refractivity contribution in [1.29, 1.82) is 0 Å². The molecular formula is C10H14Cl2OSi. The molecule has 0 radical (unpaired) electrons. The summed E-state index contributed by atoms with van der Waals surface area (Å²) in [5.74, 6) is 0. The van der Waals surface area contributed by atoms with Crippen LogP contribution in [-0.4, -0.2) is 20.4 Å². The SMILES string of the molecule is COCCc1cccc([Si](C)(Cl)Cl)c1. The van der Waals surface area contributed by atoms with Crippen LogP contribution in [0.1, 0.15) is 5.56 Å². The van der Waals surface area contributed by atoms with Crippen LogP contribution in [-0.2, 0) is 11.2 Å². The van der Waals surface area contributed by atoms with Crippen LogP contribution in [0.15, 0.2) is 24.3 Å². The molecule has 0 bridgehead atoms. The standard InChI is InChI=1S/C10H14Cl2OSi/c1-13-7-6-9-4-3-5-10(8-9)14(2,11)12/h3-5,8H,6-7H2,1-2H3. The summed E-state index contributed by atoms with van der Waals surface area (Å²) in [4.78, 5) is 0. The van der Waals surface area contributed by atoms with Gasteiger partial charge in [0.25, 0.3) is 6.69 Å². The molecule has 0 aliphatic carbocycles. The predicted molar refractivity (Wildman–Crippen MR) is 65.0 cm³/mol. The van der Waals surface area contributed by atoms with Crippen molar-refractivity contribution < 1.29 is 4.74 Å². The van der Waals surface area contributed by atoms with Gasteiger partial charge in [-0.15, -0.1) is 22.2 Å². The molecule has 1 aromatic rings. The van der Waals surface area contributed by atoms with E-state index >= 15 is 0 Å². The van der Waals surface area contributed by atoms with E-state index in [0.717, 1.165) is 18.2 Å². The quantitative estimate of drug-likeness (QED) is 0.588. The average molecular weight is 249 g/mol. The molecule has 0 atom stereocenters. The van der Waals surface area contributed by atoms with Crippen molar-refractivity contribution in [3.05, 3.63) is 29.8 Å². The summed E-state index contributed by atoms with van der Waals surface area (Å²) in [5.41, 5.74) is 1.23. The molecule has 0 spiro atoms. The molecule has 1 rings (SSSR count). The van der Waals surface area contributed by atoms with Crippen LogP contribution in [0, 0.1) is 0 Å². The molecule has 0 unspecified atom stereocenters. The molecule has 78 valence electrons. The Kier molecular flexibility index (Phi) is 4.45. The minimum Gasteiger partial charge on any atom is -0.384 e. The maximum atomic E-state index is 6.14. The van der Waals surface area contributed by atoms with Gasteiger partial charge in [-0.1, -0.05) is 24.3 Å². The van der Waals surface area contributed by atoms with Gasteiger partial charge in [-0.05, 0) is 23.7 Å². The molecule has 0 aliphatic rings. The Bertz CT molecular complexity index is 296. The van der Waals surface area contributed by atoms with E-state index in [0.29, 0.717) is 0 Å². The van der Waals surface area contributed by atoms with E-state index in [1.54, 1.807) is 7.11 Å². The van der Waals surface area contributed by atoms with Crippen LogP contribution >= 0.6 is 22.2 Å². The first-order chi connectivity index (χ1) is 6.54. The monoisotopic (exact) mass is 248 g/mol. The summed E-state index contributed by atoms with van der Waals surface area (Å²) in [5, 5.41) is 1.06. The lowest BCUT2D eigenvalue weighted by Gasteiger charge is -2.11. The van der Waals surface area contributed by atoms with E-state index in [1.807, 2.05) is 18.7 Å². The van der Waals surface area contributed by atoms with Crippen LogP contribution in [0.25, 0.3) is 0 Å². The zero-order valence-electron chi connectivity index (χ0n) is 8.39. The second kappa shape index (κ2) is 5.17. The Hall–Kier alpha value is -0.0231. The highest BCUT2D eigenvalue weighted by molar-refractivity contribution is 7.50. The molecule has 0 aromatic heterocycles. The van der Waals surface area contributed by atoms with Crippen molar-refractivity contribution in [3.8, 4) is 0 Å². The Morgan fingerprint density at radius 2 is 2.07 bits per heavy atom. The zero-order chi connectivity index (χ0) is 10.6. The van der Waals surface area contributed by atoms with Gasteiger partial charge in [0.2, 0.25) is 0 Å². The topological polar surface area (TPSA) is 9.23 Å². The molecule has 0 heterocycles. The molecule has 1 aromatic carbocycles. The van der Waals surface area contributed by atoms with Crippen LogP contribution in [0.4, 0.5) is 0 Å². The van der Waals surface area contributed by atoms with Gasteiger partial charge in [-0.2, -0.15) is 0 Å². The third-order valence-corrected chi connectivity index (χ3v) is 4.66. The fourth-order valence-corrected chi connectivity index (χ4v) is 2.75. The lowest BCUT2D eigenvalue weighted by molar-refractivity contribution is 0.202. The van der Waals surface area contributed by atoms with Gasteiger partial charge in [-0.3, -0.25) is 0 Å². The summed E-state index contributed by atoms with van der Waals surface area (Å²) >= 11 is 12.3. The van der Waals surface area contributed by atoms with Gasteiger partial charge in [0.1, 0.15) is 0 Å². The summed E-state index contributed by atoms with van der Waals surface area (Å²) in [7, 11) is 1.70. The van der Waals surface area contributed by atoms with Crippen molar-refractivity contribution in [3.63, 3.8) is 0 Å². The molecule has 0 N–H and O–H groups in total. The number of halogens is 2. The van der Waals surface area contributed by atoms with Crippen molar-refractivity contribution >= 4 is 34.0 Å². The highest BCUT2D eigenvalue weighted by atomic mass is 35.7. The lowest BCUT2D eigenvalue weighted by Crippen LogP contribution is -2.32. The number of ether oxygens (including phenoxy) is 1. The number of hydrogen-bond donors (Lipinski definition) is 0. The molecule has 0 fully saturated rings. The largest absolute Gasteiger partial charge is 0.384 e. The molecule has 0 amide bonds. The number of rotatable bonds is 4. The third kappa shape index (κ3) is 3.62. The number of hydrogen-bond acceptors (Lipinski definition) is 1. The number of methoxy groups -OCH3 is 1. The van der Waals surface area contributed by atoms with Crippen LogP contribution in [0.5, 0.6) is 0 Å². The normalized spacial score (nSPS) is 11.7. The first-order valence-electron chi connectivity index (χ1n) is 4.50. The molecule has 0 saturated carbocycles.